The van der Waals surface area contributed by atoms with Gasteiger partial charge in [-0.1, -0.05) is 23.8 Å². The van der Waals surface area contributed by atoms with E-state index < -0.39 is 41.8 Å². The molecule has 0 spiro atoms. The van der Waals surface area contributed by atoms with Crippen molar-refractivity contribution in [2.45, 2.75) is 70.2 Å². The molecule has 0 radical (unpaired) electrons. The molecule has 5 rings (SSSR count). The summed E-state index contributed by atoms with van der Waals surface area (Å²) in [5, 5.41) is 35.1. The summed E-state index contributed by atoms with van der Waals surface area (Å²) in [5.41, 5.74) is 0.536. The normalized spacial score (nSPS) is 28.0. The van der Waals surface area contributed by atoms with Gasteiger partial charge in [0, 0.05) is 23.6 Å². The average molecular weight is 496 g/mol. The van der Waals surface area contributed by atoms with E-state index in [1.807, 2.05) is 24.5 Å². The lowest BCUT2D eigenvalue weighted by Crippen LogP contribution is -2.74. The highest BCUT2D eigenvalue weighted by Crippen LogP contribution is 2.52. The van der Waals surface area contributed by atoms with Crippen LogP contribution in [0, 0.1) is 0 Å². The molecule has 3 N–H and O–H groups in total. The van der Waals surface area contributed by atoms with Crippen molar-refractivity contribution in [2.75, 3.05) is 13.7 Å². The van der Waals surface area contributed by atoms with Crippen molar-refractivity contribution in [2.24, 2.45) is 0 Å². The van der Waals surface area contributed by atoms with Crippen LogP contribution in [0.4, 0.5) is 0 Å². The second-order valence-electron chi connectivity index (χ2n) is 10.3. The van der Waals surface area contributed by atoms with Gasteiger partial charge in [-0.05, 0) is 45.7 Å². The number of nitrogens with zero attached hydrogens (tertiary/aromatic N) is 3. The van der Waals surface area contributed by atoms with Crippen molar-refractivity contribution in [1.82, 2.24) is 14.4 Å². The van der Waals surface area contributed by atoms with Gasteiger partial charge in [0.05, 0.1) is 37.0 Å². The molecule has 0 saturated carbocycles. The van der Waals surface area contributed by atoms with Gasteiger partial charge in [0.25, 0.3) is 11.6 Å². The Kier molecular flexibility index (Phi) is 5.77. The number of methoxy groups -OCH3 is 1. The van der Waals surface area contributed by atoms with Gasteiger partial charge in [-0.2, -0.15) is 0 Å². The predicted molar refractivity (Wildman–Crippen MR) is 133 cm³/mol. The molecule has 0 bridgehead atoms. The third kappa shape index (κ3) is 3.26. The van der Waals surface area contributed by atoms with Gasteiger partial charge in [-0.25, -0.2) is 0 Å². The van der Waals surface area contributed by atoms with Crippen LogP contribution < -0.4 is 4.74 Å². The van der Waals surface area contributed by atoms with Crippen LogP contribution >= 0.6 is 0 Å². The van der Waals surface area contributed by atoms with Crippen molar-refractivity contribution < 1.29 is 29.6 Å². The number of ether oxygens (including phenoxy) is 1. The maximum atomic E-state index is 13.8. The molecule has 9 nitrogen and oxygen atoms in total. The Labute approximate surface area is 209 Å². The zero-order chi connectivity index (χ0) is 26.1. The molecule has 5 unspecified atom stereocenters. The molecule has 3 aliphatic rings. The summed E-state index contributed by atoms with van der Waals surface area (Å²) < 4.78 is 7.28. The van der Waals surface area contributed by atoms with Crippen LogP contribution in [0.15, 0.2) is 42.0 Å². The predicted octanol–water partition coefficient (Wildman–Crippen LogP) is 2.16. The molecule has 192 valence electrons. The second-order valence-corrected chi connectivity index (χ2v) is 10.3. The Morgan fingerprint density at radius 1 is 1.31 bits per heavy atom. The van der Waals surface area contributed by atoms with Crippen molar-refractivity contribution in [3.05, 3.63) is 53.3 Å². The maximum absolute atomic E-state index is 13.8. The smallest absolute Gasteiger partial charge is 0.279 e. The Morgan fingerprint density at radius 3 is 2.67 bits per heavy atom. The number of benzene rings is 1. The van der Waals surface area contributed by atoms with Crippen molar-refractivity contribution in [3.8, 4) is 5.75 Å². The summed E-state index contributed by atoms with van der Waals surface area (Å²) in [6, 6.07) is 3.79. The van der Waals surface area contributed by atoms with Crippen LogP contribution in [0.5, 0.6) is 5.75 Å². The number of aromatic nitrogens is 1. The molecule has 1 aromatic heterocycles. The molecule has 2 amide bonds. The van der Waals surface area contributed by atoms with Crippen LogP contribution in [0.1, 0.15) is 57.0 Å². The van der Waals surface area contributed by atoms with Crippen LogP contribution in [0.25, 0.3) is 10.9 Å². The van der Waals surface area contributed by atoms with Crippen molar-refractivity contribution in [1.29, 1.82) is 0 Å². The maximum Gasteiger partial charge on any atom is 0.279 e. The number of hydrogen-bond acceptors (Lipinski definition) is 6. The van der Waals surface area contributed by atoms with E-state index in [-0.39, 0.29) is 6.54 Å². The molecule has 5 atom stereocenters. The van der Waals surface area contributed by atoms with Gasteiger partial charge in [0.1, 0.15) is 17.9 Å². The highest BCUT2D eigenvalue weighted by Gasteiger charge is 2.65. The standard InChI is InChI=1S/C27H33N3O6/c1-14(2)11-20-23-22(17-9-8-16(36-5)12-19(17)29(23)13-21(31)15(3)4)24(32)27(35)26(34)28-10-6-7-18(28)25(33)30(20)27/h8-9,11-12,18,20-21,24,31-32,35H,3,6-7,10,13H2,1-2,4-5H3. The molecule has 2 fully saturated rings. The number of allylic oxidation sites excluding steroid dienone is 1. The van der Waals surface area contributed by atoms with Gasteiger partial charge in [-0.3, -0.25) is 14.5 Å². The zero-order valence-electron chi connectivity index (χ0n) is 21.1. The first kappa shape index (κ1) is 24.5. The lowest BCUT2D eigenvalue weighted by Gasteiger charge is -2.54. The molecule has 3 aliphatic heterocycles. The minimum atomic E-state index is -2.45. The summed E-state index contributed by atoms with van der Waals surface area (Å²) in [6.45, 7) is 9.83. The number of piperazine rings is 1. The first-order valence-corrected chi connectivity index (χ1v) is 12.3. The van der Waals surface area contributed by atoms with Gasteiger partial charge in [-0.15, -0.1) is 0 Å². The highest BCUT2D eigenvalue weighted by molar-refractivity contribution is 6.02. The minimum absolute atomic E-state index is 0.109. The molecular weight excluding hydrogens is 462 g/mol. The minimum Gasteiger partial charge on any atom is -0.497 e. The van der Waals surface area contributed by atoms with Crippen molar-refractivity contribution in [3.63, 3.8) is 0 Å². The SMILES string of the molecule is C=C(C)C(O)Cn1c2c(c3ccc(OC)cc31)C(O)C1(O)C(=O)N3CCCC3C(=O)N1C2C=C(C)C. The number of fused-ring (bicyclic) bond motifs is 5. The molecule has 4 heterocycles. The van der Waals surface area contributed by atoms with E-state index in [0.717, 1.165) is 5.57 Å². The van der Waals surface area contributed by atoms with Crippen LogP contribution in [0.2, 0.25) is 0 Å². The monoisotopic (exact) mass is 495 g/mol. The number of amides is 2. The first-order valence-electron chi connectivity index (χ1n) is 12.3. The van der Waals surface area contributed by atoms with Gasteiger partial charge < -0.3 is 29.5 Å². The summed E-state index contributed by atoms with van der Waals surface area (Å²) in [5.74, 6) is -0.483. The molecule has 2 saturated heterocycles. The summed E-state index contributed by atoms with van der Waals surface area (Å²) in [4.78, 5) is 30.1. The number of aliphatic hydroxyl groups is 3. The Morgan fingerprint density at radius 2 is 2.03 bits per heavy atom. The number of carbonyl (C=O) groups excluding carboxylic acids is 2. The Balaban J connectivity index is 1.85. The summed E-state index contributed by atoms with van der Waals surface area (Å²) in [6.07, 6.45) is 0.403. The molecule has 36 heavy (non-hydrogen) atoms. The average Bonchev–Trinajstić information content (AvgIpc) is 3.44. The van der Waals surface area contributed by atoms with E-state index >= 15 is 0 Å². The summed E-state index contributed by atoms with van der Waals surface area (Å²) in [7, 11) is 1.55. The molecular formula is C27H33N3O6. The summed E-state index contributed by atoms with van der Waals surface area (Å²) >= 11 is 0. The molecule has 0 aliphatic carbocycles. The van der Waals surface area contributed by atoms with Crippen molar-refractivity contribution >= 4 is 22.7 Å². The van der Waals surface area contributed by atoms with E-state index in [9.17, 15) is 24.9 Å². The van der Waals surface area contributed by atoms with E-state index in [2.05, 4.69) is 6.58 Å². The van der Waals surface area contributed by atoms with E-state index in [1.165, 1.54) is 9.80 Å². The molecule has 9 heteroatoms. The largest absolute Gasteiger partial charge is 0.497 e. The number of aliphatic hydroxyl groups excluding tert-OH is 2. The quantitative estimate of drug-likeness (QED) is 0.548. The zero-order valence-corrected chi connectivity index (χ0v) is 21.1. The second kappa shape index (κ2) is 8.47. The van der Waals surface area contributed by atoms with Crippen LogP contribution in [0.3, 0.4) is 0 Å². The lowest BCUT2D eigenvalue weighted by atomic mass is 9.82. The molecule has 2 aromatic rings. The van der Waals surface area contributed by atoms with Crippen LogP contribution in [-0.2, 0) is 16.1 Å². The van der Waals surface area contributed by atoms with E-state index in [4.69, 9.17) is 4.74 Å². The van der Waals surface area contributed by atoms with E-state index in [0.29, 0.717) is 52.9 Å². The lowest BCUT2D eigenvalue weighted by molar-refractivity contribution is -0.229. The number of hydrogen-bond donors (Lipinski definition) is 3. The molecule has 1 aromatic carbocycles. The number of rotatable bonds is 5. The fraction of sp³-hybridized carbons (Fsp3) is 0.481. The third-order valence-corrected chi connectivity index (χ3v) is 7.70. The van der Waals surface area contributed by atoms with E-state index in [1.54, 1.807) is 32.2 Å². The first-order chi connectivity index (χ1) is 17.0. The topological polar surface area (TPSA) is 115 Å². The Hall–Kier alpha value is -3.14. The van der Waals surface area contributed by atoms with Gasteiger partial charge in [0.2, 0.25) is 5.91 Å². The van der Waals surface area contributed by atoms with Gasteiger partial charge >= 0.3 is 0 Å². The number of carbonyl (C=O) groups is 2. The Bertz CT molecular complexity index is 1310. The fourth-order valence-corrected chi connectivity index (χ4v) is 5.93. The van der Waals surface area contributed by atoms with Gasteiger partial charge in [0.15, 0.2) is 0 Å². The third-order valence-electron chi connectivity index (χ3n) is 7.70. The fourth-order valence-electron chi connectivity index (χ4n) is 5.93. The van der Waals surface area contributed by atoms with Crippen LogP contribution in [-0.4, -0.2) is 73.0 Å². The highest BCUT2D eigenvalue weighted by atomic mass is 16.5.